The molecular formula is C20H25NO3. The maximum atomic E-state index is 12.0. The van der Waals surface area contributed by atoms with Gasteiger partial charge in [-0.2, -0.15) is 0 Å². The third kappa shape index (κ3) is 4.83. The van der Waals surface area contributed by atoms with Crippen LogP contribution in [-0.2, 0) is 17.9 Å². The van der Waals surface area contributed by atoms with Crippen LogP contribution in [0.4, 0.5) is 0 Å². The highest BCUT2D eigenvalue weighted by atomic mass is 16.5. The molecule has 1 amide bonds. The normalized spacial score (nSPS) is 11.8. The van der Waals surface area contributed by atoms with E-state index in [9.17, 15) is 9.90 Å². The fourth-order valence-corrected chi connectivity index (χ4v) is 2.51. The summed E-state index contributed by atoms with van der Waals surface area (Å²) in [6.45, 7) is 4.60. The zero-order valence-electron chi connectivity index (χ0n) is 14.3. The molecule has 4 nitrogen and oxygen atoms in total. The smallest absolute Gasteiger partial charge is 0.258 e. The second-order valence-electron chi connectivity index (χ2n) is 5.84. The summed E-state index contributed by atoms with van der Waals surface area (Å²) < 4.78 is 5.71. The van der Waals surface area contributed by atoms with Crippen molar-refractivity contribution >= 4 is 5.91 Å². The zero-order valence-corrected chi connectivity index (χ0v) is 14.3. The maximum Gasteiger partial charge on any atom is 0.258 e. The fourth-order valence-electron chi connectivity index (χ4n) is 2.51. The molecule has 0 bridgehead atoms. The maximum absolute atomic E-state index is 12.0. The second-order valence-corrected chi connectivity index (χ2v) is 5.84. The largest absolute Gasteiger partial charge is 0.483 e. The highest BCUT2D eigenvalue weighted by molar-refractivity contribution is 5.77. The van der Waals surface area contributed by atoms with Crippen molar-refractivity contribution in [3.63, 3.8) is 0 Å². The lowest BCUT2D eigenvalue weighted by Crippen LogP contribution is -2.29. The molecule has 0 spiro atoms. The number of benzene rings is 2. The molecule has 0 fully saturated rings. The Balaban J connectivity index is 1.90. The Hall–Kier alpha value is -2.33. The van der Waals surface area contributed by atoms with Gasteiger partial charge in [-0.15, -0.1) is 0 Å². The van der Waals surface area contributed by atoms with Crippen molar-refractivity contribution in [1.29, 1.82) is 0 Å². The highest BCUT2D eigenvalue weighted by Crippen LogP contribution is 2.28. The first kappa shape index (κ1) is 18.0. The predicted octanol–water partition coefficient (Wildman–Crippen LogP) is 3.39. The summed E-state index contributed by atoms with van der Waals surface area (Å²) in [5.74, 6) is 0.972. The molecule has 0 heterocycles. The van der Waals surface area contributed by atoms with Crippen LogP contribution in [0, 0.1) is 0 Å². The molecule has 0 aromatic heterocycles. The number of para-hydroxylation sites is 1. The molecule has 128 valence electrons. The van der Waals surface area contributed by atoms with Crippen LogP contribution in [-0.4, -0.2) is 17.6 Å². The van der Waals surface area contributed by atoms with Gasteiger partial charge in [-0.25, -0.2) is 0 Å². The molecule has 0 saturated carbocycles. The SMILES string of the molecule is CCC(C)c1ccccc1OCC(=O)NCc1ccccc1CO. The quantitative estimate of drug-likeness (QED) is 0.781. The van der Waals surface area contributed by atoms with Gasteiger partial charge in [0.15, 0.2) is 6.61 Å². The lowest BCUT2D eigenvalue weighted by atomic mass is 9.98. The van der Waals surface area contributed by atoms with Gasteiger partial charge in [0.2, 0.25) is 0 Å². The molecule has 4 heteroatoms. The number of aliphatic hydroxyl groups excluding tert-OH is 1. The summed E-state index contributed by atoms with van der Waals surface area (Å²) in [6, 6.07) is 15.3. The summed E-state index contributed by atoms with van der Waals surface area (Å²) in [5.41, 5.74) is 2.85. The van der Waals surface area contributed by atoms with E-state index in [-0.39, 0.29) is 19.1 Å². The minimum atomic E-state index is -0.179. The fraction of sp³-hybridized carbons (Fsp3) is 0.350. The van der Waals surface area contributed by atoms with Gasteiger partial charge in [0.05, 0.1) is 6.61 Å². The van der Waals surface area contributed by atoms with Gasteiger partial charge < -0.3 is 15.2 Å². The molecule has 0 saturated heterocycles. The van der Waals surface area contributed by atoms with E-state index in [1.165, 1.54) is 0 Å². The van der Waals surface area contributed by atoms with Crippen LogP contribution >= 0.6 is 0 Å². The van der Waals surface area contributed by atoms with Crippen LogP contribution in [0.2, 0.25) is 0 Å². The second kappa shape index (κ2) is 9.08. The molecule has 2 aromatic rings. The van der Waals surface area contributed by atoms with Crippen LogP contribution < -0.4 is 10.1 Å². The molecule has 2 N–H and O–H groups in total. The van der Waals surface area contributed by atoms with E-state index in [2.05, 4.69) is 19.2 Å². The Morgan fingerprint density at radius 1 is 1.12 bits per heavy atom. The van der Waals surface area contributed by atoms with Gasteiger partial charge in [-0.05, 0) is 35.1 Å². The third-order valence-electron chi connectivity index (χ3n) is 4.19. The summed E-state index contributed by atoms with van der Waals surface area (Å²) in [6.07, 6.45) is 1.02. The van der Waals surface area contributed by atoms with E-state index in [0.717, 1.165) is 28.9 Å². The number of hydrogen-bond acceptors (Lipinski definition) is 3. The Morgan fingerprint density at radius 3 is 2.50 bits per heavy atom. The lowest BCUT2D eigenvalue weighted by molar-refractivity contribution is -0.123. The number of amides is 1. The van der Waals surface area contributed by atoms with Crippen LogP contribution in [0.5, 0.6) is 5.75 Å². The van der Waals surface area contributed by atoms with Crippen LogP contribution in [0.15, 0.2) is 48.5 Å². The average Bonchev–Trinajstić information content (AvgIpc) is 2.64. The summed E-state index contributed by atoms with van der Waals surface area (Å²) >= 11 is 0. The number of aliphatic hydroxyl groups is 1. The van der Waals surface area contributed by atoms with Gasteiger partial charge in [0, 0.05) is 6.54 Å². The molecule has 24 heavy (non-hydrogen) atoms. The Labute approximate surface area is 143 Å². The monoisotopic (exact) mass is 327 g/mol. The molecule has 0 aliphatic rings. The van der Waals surface area contributed by atoms with Crippen molar-refractivity contribution in [2.45, 2.75) is 39.3 Å². The highest BCUT2D eigenvalue weighted by Gasteiger charge is 2.11. The van der Waals surface area contributed by atoms with Crippen LogP contribution in [0.1, 0.15) is 42.9 Å². The summed E-state index contributed by atoms with van der Waals surface area (Å²) in [4.78, 5) is 12.0. The first-order valence-electron chi connectivity index (χ1n) is 8.31. The van der Waals surface area contributed by atoms with E-state index in [1.807, 2.05) is 48.5 Å². The molecule has 0 aliphatic carbocycles. The van der Waals surface area contributed by atoms with Crippen LogP contribution in [0.3, 0.4) is 0 Å². The van der Waals surface area contributed by atoms with Crippen molar-refractivity contribution in [2.75, 3.05) is 6.61 Å². The molecule has 0 aliphatic heterocycles. The zero-order chi connectivity index (χ0) is 17.4. The van der Waals surface area contributed by atoms with E-state index in [4.69, 9.17) is 4.74 Å². The van der Waals surface area contributed by atoms with Crippen molar-refractivity contribution in [3.05, 3.63) is 65.2 Å². The summed E-state index contributed by atoms with van der Waals surface area (Å²) in [7, 11) is 0. The van der Waals surface area contributed by atoms with E-state index in [0.29, 0.717) is 12.5 Å². The van der Waals surface area contributed by atoms with E-state index >= 15 is 0 Å². The number of hydrogen-bond donors (Lipinski definition) is 2. The van der Waals surface area contributed by atoms with Crippen molar-refractivity contribution in [1.82, 2.24) is 5.32 Å². The number of rotatable bonds is 8. The molecule has 1 atom stereocenters. The molecular weight excluding hydrogens is 302 g/mol. The Morgan fingerprint density at radius 2 is 1.79 bits per heavy atom. The molecule has 0 radical (unpaired) electrons. The minimum Gasteiger partial charge on any atom is -0.483 e. The van der Waals surface area contributed by atoms with Crippen molar-refractivity contribution in [2.24, 2.45) is 0 Å². The number of ether oxygens (including phenoxy) is 1. The van der Waals surface area contributed by atoms with Crippen molar-refractivity contribution in [3.8, 4) is 5.75 Å². The Kier molecular flexibility index (Phi) is 6.82. The number of carbonyl (C=O) groups excluding carboxylic acids is 1. The molecule has 2 aromatic carbocycles. The molecule has 1 unspecified atom stereocenters. The van der Waals surface area contributed by atoms with E-state index < -0.39 is 0 Å². The van der Waals surface area contributed by atoms with Crippen molar-refractivity contribution < 1.29 is 14.6 Å². The Bertz CT molecular complexity index is 669. The van der Waals surface area contributed by atoms with Gasteiger partial charge in [0.1, 0.15) is 5.75 Å². The van der Waals surface area contributed by atoms with Gasteiger partial charge in [-0.1, -0.05) is 56.3 Å². The average molecular weight is 327 g/mol. The van der Waals surface area contributed by atoms with Gasteiger partial charge in [-0.3, -0.25) is 4.79 Å². The van der Waals surface area contributed by atoms with E-state index in [1.54, 1.807) is 0 Å². The lowest BCUT2D eigenvalue weighted by Gasteiger charge is -2.15. The van der Waals surface area contributed by atoms with Gasteiger partial charge in [0.25, 0.3) is 5.91 Å². The van der Waals surface area contributed by atoms with Crippen LogP contribution in [0.25, 0.3) is 0 Å². The topological polar surface area (TPSA) is 58.6 Å². The molecule has 2 rings (SSSR count). The first-order chi connectivity index (χ1) is 11.7. The third-order valence-corrected chi connectivity index (χ3v) is 4.19. The summed E-state index contributed by atoms with van der Waals surface area (Å²) in [5, 5.41) is 12.1. The minimum absolute atomic E-state index is 0.0191. The number of nitrogens with one attached hydrogen (secondary N) is 1. The number of carbonyl (C=O) groups is 1. The standard InChI is InChI=1S/C20H25NO3/c1-3-15(2)18-10-6-7-11-19(18)24-14-20(23)21-12-16-8-4-5-9-17(16)13-22/h4-11,15,22H,3,12-14H2,1-2H3,(H,21,23). The first-order valence-corrected chi connectivity index (χ1v) is 8.31. The van der Waals surface area contributed by atoms with Gasteiger partial charge >= 0.3 is 0 Å². The predicted molar refractivity (Wildman–Crippen MR) is 94.9 cm³/mol.